The van der Waals surface area contributed by atoms with Gasteiger partial charge in [-0.2, -0.15) is 0 Å². The molecule has 0 aromatic rings. The molecule has 0 saturated heterocycles. The number of aliphatic imine (C=N–C) groups is 1. The minimum Gasteiger partial charge on any atom is -0.492 e. The van der Waals surface area contributed by atoms with Gasteiger partial charge in [0.05, 0.1) is 6.26 Å². The van der Waals surface area contributed by atoms with Crippen LogP contribution in [0.15, 0.2) is 29.6 Å². The molecule has 0 radical (unpaired) electrons. The summed E-state index contributed by atoms with van der Waals surface area (Å²) < 4.78 is 4.78. The number of nitrogens with one attached hydrogen (secondary N) is 2. The Balaban J connectivity index is 2.58. The third-order valence-corrected chi connectivity index (χ3v) is 2.58. The lowest BCUT2D eigenvalue weighted by Crippen LogP contribution is -2.46. The van der Waals surface area contributed by atoms with Crippen LogP contribution in [-0.4, -0.2) is 37.7 Å². The predicted molar refractivity (Wildman–Crippen MR) is 72.6 cm³/mol. The number of likely N-dealkylation sites (N-methyl/N-ethyl adjacent to an activating group) is 1. The molecule has 0 spiro atoms. The van der Waals surface area contributed by atoms with E-state index in [2.05, 4.69) is 22.2 Å². The van der Waals surface area contributed by atoms with Crippen LogP contribution in [0.3, 0.4) is 0 Å². The minimum absolute atomic E-state index is 0.153. The summed E-state index contributed by atoms with van der Waals surface area (Å²) >= 11 is 0. The fraction of sp³-hybridized carbons (Fsp3) is 0.462. The van der Waals surface area contributed by atoms with Crippen molar-refractivity contribution >= 4 is 18.0 Å². The molecule has 1 heterocycles. The zero-order valence-electron chi connectivity index (χ0n) is 11.0. The first kappa shape index (κ1) is 14.9. The van der Waals surface area contributed by atoms with Crippen molar-refractivity contribution in [2.24, 2.45) is 4.99 Å². The Hall–Kier alpha value is -2.11. The van der Waals surface area contributed by atoms with E-state index in [0.29, 0.717) is 6.42 Å². The Morgan fingerprint density at radius 3 is 2.95 bits per heavy atom. The summed E-state index contributed by atoms with van der Waals surface area (Å²) in [6.07, 6.45) is 7.17. The zero-order valence-corrected chi connectivity index (χ0v) is 11.0. The lowest BCUT2D eigenvalue weighted by atomic mass is 10.1. The Labute approximate surface area is 112 Å². The molecule has 1 atom stereocenters. The van der Waals surface area contributed by atoms with Gasteiger partial charge in [-0.3, -0.25) is 14.6 Å². The SMILES string of the molecule is C=COCC(=O)N[C@@H](CC1=CCCC=N1)C(=O)NC. The molecule has 0 aromatic heterocycles. The Bertz CT molecular complexity index is 402. The van der Waals surface area contributed by atoms with Gasteiger partial charge < -0.3 is 15.4 Å². The van der Waals surface area contributed by atoms with Crippen molar-refractivity contribution < 1.29 is 14.3 Å². The van der Waals surface area contributed by atoms with Crippen molar-refractivity contribution in [2.75, 3.05) is 13.7 Å². The fourth-order valence-electron chi connectivity index (χ4n) is 1.66. The van der Waals surface area contributed by atoms with Crippen molar-refractivity contribution in [3.05, 3.63) is 24.6 Å². The molecule has 104 valence electrons. The van der Waals surface area contributed by atoms with Gasteiger partial charge in [-0.1, -0.05) is 12.7 Å². The van der Waals surface area contributed by atoms with Crippen LogP contribution in [0.2, 0.25) is 0 Å². The summed E-state index contributed by atoms with van der Waals surface area (Å²) in [4.78, 5) is 27.5. The van der Waals surface area contributed by atoms with Gasteiger partial charge >= 0.3 is 0 Å². The highest BCUT2D eigenvalue weighted by molar-refractivity contribution is 5.88. The number of nitrogens with zero attached hydrogens (tertiary/aromatic N) is 1. The Kier molecular flexibility index (Phi) is 6.35. The summed E-state index contributed by atoms with van der Waals surface area (Å²) in [5.41, 5.74) is 0.810. The first-order valence-corrected chi connectivity index (χ1v) is 6.12. The standard InChI is InChI=1S/C13H19N3O3/c1-3-19-9-12(17)16-11(13(18)14-2)8-10-6-4-5-7-15-10/h3,6-7,11H,1,4-5,8-9H2,2H3,(H,14,18)(H,16,17)/t11-/m0/s1. The average molecular weight is 265 g/mol. The van der Waals surface area contributed by atoms with Crippen LogP contribution in [0.5, 0.6) is 0 Å². The molecule has 6 heteroatoms. The van der Waals surface area contributed by atoms with E-state index in [1.807, 2.05) is 12.3 Å². The number of hydrogen-bond acceptors (Lipinski definition) is 4. The molecule has 0 fully saturated rings. The number of allylic oxidation sites excluding steroid dienone is 1. The summed E-state index contributed by atoms with van der Waals surface area (Å²) in [7, 11) is 1.53. The second kappa shape index (κ2) is 8.07. The molecule has 19 heavy (non-hydrogen) atoms. The van der Waals surface area contributed by atoms with Crippen molar-refractivity contribution in [1.82, 2.24) is 10.6 Å². The van der Waals surface area contributed by atoms with Crippen LogP contribution in [0.4, 0.5) is 0 Å². The van der Waals surface area contributed by atoms with Crippen molar-refractivity contribution in [3.63, 3.8) is 0 Å². The molecular formula is C13H19N3O3. The molecule has 0 saturated carbocycles. The van der Waals surface area contributed by atoms with E-state index in [-0.39, 0.29) is 18.4 Å². The van der Waals surface area contributed by atoms with E-state index in [0.717, 1.165) is 18.5 Å². The third kappa shape index (κ3) is 5.37. The minimum atomic E-state index is -0.646. The van der Waals surface area contributed by atoms with Crippen molar-refractivity contribution in [2.45, 2.75) is 25.3 Å². The lowest BCUT2D eigenvalue weighted by molar-refractivity contribution is -0.130. The fourth-order valence-corrected chi connectivity index (χ4v) is 1.66. The maximum Gasteiger partial charge on any atom is 0.258 e. The monoisotopic (exact) mass is 265 g/mol. The first-order chi connectivity index (χ1) is 9.17. The molecule has 0 aliphatic carbocycles. The third-order valence-electron chi connectivity index (χ3n) is 2.58. The van der Waals surface area contributed by atoms with E-state index in [1.165, 1.54) is 13.3 Å². The van der Waals surface area contributed by atoms with Crippen molar-refractivity contribution in [1.29, 1.82) is 0 Å². The van der Waals surface area contributed by atoms with Gasteiger partial charge in [0.2, 0.25) is 5.91 Å². The highest BCUT2D eigenvalue weighted by Crippen LogP contribution is 2.13. The van der Waals surface area contributed by atoms with Crippen LogP contribution in [0.25, 0.3) is 0 Å². The summed E-state index contributed by atoms with van der Waals surface area (Å²) in [6.45, 7) is 3.19. The maximum absolute atomic E-state index is 11.7. The number of hydrogen-bond donors (Lipinski definition) is 2. The summed E-state index contributed by atoms with van der Waals surface area (Å²) in [5.74, 6) is -0.623. The number of rotatable bonds is 7. The maximum atomic E-state index is 11.7. The number of ether oxygens (including phenoxy) is 1. The first-order valence-electron chi connectivity index (χ1n) is 6.12. The molecule has 2 amide bonds. The van der Waals surface area contributed by atoms with Gasteiger partial charge in [0.1, 0.15) is 6.04 Å². The second-order valence-electron chi connectivity index (χ2n) is 4.00. The van der Waals surface area contributed by atoms with Crippen molar-refractivity contribution in [3.8, 4) is 0 Å². The highest BCUT2D eigenvalue weighted by atomic mass is 16.5. The van der Waals surface area contributed by atoms with Gasteiger partial charge in [0, 0.05) is 25.4 Å². The van der Waals surface area contributed by atoms with Crippen LogP contribution in [0.1, 0.15) is 19.3 Å². The van der Waals surface area contributed by atoms with Crippen LogP contribution < -0.4 is 10.6 Å². The van der Waals surface area contributed by atoms with E-state index in [1.54, 1.807) is 0 Å². The largest absolute Gasteiger partial charge is 0.492 e. The van der Waals surface area contributed by atoms with E-state index in [4.69, 9.17) is 4.74 Å². The van der Waals surface area contributed by atoms with Crippen LogP contribution in [-0.2, 0) is 14.3 Å². The molecule has 6 nitrogen and oxygen atoms in total. The summed E-state index contributed by atoms with van der Waals surface area (Å²) in [5, 5.41) is 5.13. The Morgan fingerprint density at radius 1 is 1.58 bits per heavy atom. The van der Waals surface area contributed by atoms with Gasteiger partial charge in [-0.25, -0.2) is 0 Å². The topological polar surface area (TPSA) is 79.8 Å². The number of amides is 2. The van der Waals surface area contributed by atoms with Gasteiger partial charge in [0.15, 0.2) is 6.61 Å². The predicted octanol–water partition coefficient (Wildman–Crippen LogP) is 0.516. The molecule has 1 aliphatic rings. The normalized spacial score (nSPS) is 15.1. The van der Waals surface area contributed by atoms with E-state index >= 15 is 0 Å². The number of carbonyl (C=O) groups is 2. The molecule has 0 bridgehead atoms. The smallest absolute Gasteiger partial charge is 0.258 e. The highest BCUT2D eigenvalue weighted by Gasteiger charge is 2.21. The van der Waals surface area contributed by atoms with Crippen LogP contribution >= 0.6 is 0 Å². The molecule has 1 rings (SSSR count). The summed E-state index contributed by atoms with van der Waals surface area (Å²) in [6, 6.07) is -0.646. The Morgan fingerprint density at radius 2 is 2.37 bits per heavy atom. The molecule has 0 unspecified atom stereocenters. The molecule has 0 aromatic carbocycles. The van der Waals surface area contributed by atoms with E-state index < -0.39 is 6.04 Å². The average Bonchev–Trinajstić information content (AvgIpc) is 2.44. The molecular weight excluding hydrogens is 246 g/mol. The van der Waals surface area contributed by atoms with Crippen LogP contribution in [0, 0.1) is 0 Å². The lowest BCUT2D eigenvalue weighted by Gasteiger charge is -2.18. The van der Waals surface area contributed by atoms with Gasteiger partial charge in [-0.15, -0.1) is 0 Å². The zero-order chi connectivity index (χ0) is 14.1. The van der Waals surface area contributed by atoms with Gasteiger partial charge in [-0.05, 0) is 12.8 Å². The van der Waals surface area contributed by atoms with E-state index in [9.17, 15) is 9.59 Å². The molecule has 2 N–H and O–H groups in total. The quantitative estimate of drug-likeness (QED) is 0.658. The number of carbonyl (C=O) groups excluding carboxylic acids is 2. The van der Waals surface area contributed by atoms with Gasteiger partial charge in [0.25, 0.3) is 5.91 Å². The second-order valence-corrected chi connectivity index (χ2v) is 4.00. The molecule has 1 aliphatic heterocycles.